The van der Waals surface area contributed by atoms with Crippen LogP contribution in [0.5, 0.6) is 0 Å². The second-order valence-corrected chi connectivity index (χ2v) is 5.76. The average Bonchev–Trinajstić information content (AvgIpc) is 2.88. The van der Waals surface area contributed by atoms with Crippen molar-refractivity contribution < 1.29 is 14.6 Å². The molecular weight excluding hydrogens is 278 g/mol. The topological polar surface area (TPSA) is 58.6 Å². The number of benzene rings is 2. The van der Waals surface area contributed by atoms with E-state index in [0.717, 1.165) is 16.7 Å². The van der Waals surface area contributed by atoms with Crippen LogP contribution in [0.4, 0.5) is 4.79 Å². The first-order valence-electron chi connectivity index (χ1n) is 7.38. The maximum atomic E-state index is 11.7. The van der Waals surface area contributed by atoms with Crippen molar-refractivity contribution >= 4 is 6.09 Å². The molecule has 0 atom stereocenters. The minimum absolute atomic E-state index is 0.190. The van der Waals surface area contributed by atoms with Crippen LogP contribution in [-0.2, 0) is 24.2 Å². The zero-order chi connectivity index (χ0) is 15.4. The zero-order valence-corrected chi connectivity index (χ0v) is 12.3. The van der Waals surface area contributed by atoms with Gasteiger partial charge in [-0.15, -0.1) is 0 Å². The Bertz CT molecular complexity index is 629. The van der Waals surface area contributed by atoms with E-state index in [1.165, 1.54) is 0 Å². The maximum absolute atomic E-state index is 11.7. The van der Waals surface area contributed by atoms with Crippen LogP contribution in [0, 0.1) is 0 Å². The van der Waals surface area contributed by atoms with Gasteiger partial charge in [-0.2, -0.15) is 0 Å². The molecule has 4 heteroatoms. The molecule has 0 spiro atoms. The SMILES string of the molecule is O=C(NCC1(O)Cc2ccccc2C1)OCc1ccccc1. The fourth-order valence-corrected chi connectivity index (χ4v) is 2.81. The number of rotatable bonds is 4. The maximum Gasteiger partial charge on any atom is 0.407 e. The van der Waals surface area contributed by atoms with E-state index >= 15 is 0 Å². The number of fused-ring (bicyclic) bond motifs is 1. The highest BCUT2D eigenvalue weighted by Crippen LogP contribution is 2.29. The fourth-order valence-electron chi connectivity index (χ4n) is 2.81. The van der Waals surface area contributed by atoms with Gasteiger partial charge in [-0.1, -0.05) is 54.6 Å². The smallest absolute Gasteiger partial charge is 0.407 e. The number of aliphatic hydroxyl groups is 1. The number of nitrogens with one attached hydrogen (secondary N) is 1. The van der Waals surface area contributed by atoms with Gasteiger partial charge in [0.05, 0.1) is 12.1 Å². The van der Waals surface area contributed by atoms with Crippen molar-refractivity contribution in [2.45, 2.75) is 25.0 Å². The molecule has 1 aliphatic carbocycles. The predicted octanol–water partition coefficient (Wildman–Crippen LogP) is 2.44. The van der Waals surface area contributed by atoms with Crippen LogP contribution in [-0.4, -0.2) is 23.3 Å². The quantitative estimate of drug-likeness (QED) is 0.911. The molecule has 1 aliphatic rings. The van der Waals surface area contributed by atoms with E-state index in [2.05, 4.69) is 5.32 Å². The second-order valence-electron chi connectivity index (χ2n) is 5.76. The molecule has 0 saturated carbocycles. The Morgan fingerprint density at radius 3 is 2.27 bits per heavy atom. The van der Waals surface area contributed by atoms with Gasteiger partial charge in [0.1, 0.15) is 6.61 Å². The van der Waals surface area contributed by atoms with E-state index in [1.54, 1.807) is 0 Å². The van der Waals surface area contributed by atoms with E-state index in [4.69, 9.17) is 4.74 Å². The molecule has 2 aromatic rings. The Balaban J connectivity index is 1.48. The van der Waals surface area contributed by atoms with Gasteiger partial charge >= 0.3 is 6.09 Å². The van der Waals surface area contributed by atoms with Crippen molar-refractivity contribution in [2.75, 3.05) is 6.54 Å². The van der Waals surface area contributed by atoms with Gasteiger partial charge in [0.2, 0.25) is 0 Å². The van der Waals surface area contributed by atoms with Gasteiger partial charge in [0, 0.05) is 12.8 Å². The molecule has 114 valence electrons. The summed E-state index contributed by atoms with van der Waals surface area (Å²) in [5.74, 6) is 0. The molecule has 0 unspecified atom stereocenters. The second kappa shape index (κ2) is 6.20. The molecule has 3 rings (SSSR count). The van der Waals surface area contributed by atoms with E-state index in [0.29, 0.717) is 12.8 Å². The summed E-state index contributed by atoms with van der Waals surface area (Å²) in [7, 11) is 0. The molecule has 0 saturated heterocycles. The van der Waals surface area contributed by atoms with Gasteiger partial charge in [-0.05, 0) is 16.7 Å². The highest BCUT2D eigenvalue weighted by atomic mass is 16.5. The lowest BCUT2D eigenvalue weighted by Crippen LogP contribution is -2.43. The molecular formula is C18H19NO3. The summed E-state index contributed by atoms with van der Waals surface area (Å²) in [5.41, 5.74) is 2.30. The Hall–Kier alpha value is -2.33. The summed E-state index contributed by atoms with van der Waals surface area (Å²) in [4.78, 5) is 11.7. The molecule has 2 N–H and O–H groups in total. The van der Waals surface area contributed by atoms with Crippen LogP contribution in [0.1, 0.15) is 16.7 Å². The van der Waals surface area contributed by atoms with Crippen LogP contribution in [0.25, 0.3) is 0 Å². The van der Waals surface area contributed by atoms with E-state index in [9.17, 15) is 9.90 Å². The Labute approximate surface area is 129 Å². The predicted molar refractivity (Wildman–Crippen MR) is 83.4 cm³/mol. The molecule has 4 nitrogen and oxygen atoms in total. The monoisotopic (exact) mass is 297 g/mol. The number of hydrogen-bond donors (Lipinski definition) is 2. The minimum Gasteiger partial charge on any atom is -0.445 e. The average molecular weight is 297 g/mol. The highest BCUT2D eigenvalue weighted by molar-refractivity contribution is 5.67. The van der Waals surface area contributed by atoms with Crippen molar-refractivity contribution in [1.29, 1.82) is 0 Å². The third-order valence-corrected chi connectivity index (χ3v) is 3.93. The lowest BCUT2D eigenvalue weighted by molar-refractivity contribution is 0.0479. The third kappa shape index (κ3) is 3.46. The zero-order valence-electron chi connectivity index (χ0n) is 12.3. The largest absolute Gasteiger partial charge is 0.445 e. The molecule has 1 amide bonds. The molecule has 0 aliphatic heterocycles. The Morgan fingerprint density at radius 2 is 1.64 bits per heavy atom. The highest BCUT2D eigenvalue weighted by Gasteiger charge is 2.35. The lowest BCUT2D eigenvalue weighted by Gasteiger charge is -2.22. The van der Waals surface area contributed by atoms with Crippen LogP contribution < -0.4 is 5.32 Å². The first-order valence-corrected chi connectivity index (χ1v) is 7.38. The number of amides is 1. The molecule has 0 radical (unpaired) electrons. The Kier molecular flexibility index (Phi) is 4.11. The van der Waals surface area contributed by atoms with Crippen LogP contribution >= 0.6 is 0 Å². The van der Waals surface area contributed by atoms with Gasteiger partial charge in [0.25, 0.3) is 0 Å². The van der Waals surface area contributed by atoms with E-state index in [-0.39, 0.29) is 13.2 Å². The molecule has 0 heterocycles. The number of carbonyl (C=O) groups is 1. The first-order chi connectivity index (χ1) is 10.6. The molecule has 0 bridgehead atoms. The normalized spacial score (nSPS) is 15.1. The molecule has 2 aromatic carbocycles. The van der Waals surface area contributed by atoms with Crippen molar-refractivity contribution in [1.82, 2.24) is 5.32 Å². The summed E-state index contributed by atoms with van der Waals surface area (Å²) < 4.78 is 5.15. The summed E-state index contributed by atoms with van der Waals surface area (Å²) in [6.07, 6.45) is 0.609. The molecule has 22 heavy (non-hydrogen) atoms. The minimum atomic E-state index is -0.921. The number of carbonyl (C=O) groups excluding carboxylic acids is 1. The van der Waals surface area contributed by atoms with Crippen molar-refractivity contribution in [3.63, 3.8) is 0 Å². The van der Waals surface area contributed by atoms with Crippen LogP contribution in [0.15, 0.2) is 54.6 Å². The number of hydrogen-bond acceptors (Lipinski definition) is 3. The molecule has 0 aromatic heterocycles. The third-order valence-electron chi connectivity index (χ3n) is 3.93. The van der Waals surface area contributed by atoms with E-state index in [1.807, 2.05) is 54.6 Å². The Morgan fingerprint density at radius 1 is 1.05 bits per heavy atom. The van der Waals surface area contributed by atoms with Crippen molar-refractivity contribution in [3.8, 4) is 0 Å². The summed E-state index contributed by atoms with van der Waals surface area (Å²) in [6.45, 7) is 0.417. The number of ether oxygens (including phenoxy) is 1. The summed E-state index contributed by atoms with van der Waals surface area (Å²) in [5, 5.41) is 13.2. The van der Waals surface area contributed by atoms with E-state index < -0.39 is 11.7 Å². The molecule has 0 fully saturated rings. The summed E-state index contributed by atoms with van der Waals surface area (Å²) >= 11 is 0. The van der Waals surface area contributed by atoms with Gasteiger partial charge in [-0.3, -0.25) is 0 Å². The van der Waals surface area contributed by atoms with Crippen molar-refractivity contribution in [3.05, 3.63) is 71.3 Å². The standard InChI is InChI=1S/C18H19NO3/c20-17(22-12-14-6-2-1-3-7-14)19-13-18(21)10-15-8-4-5-9-16(15)11-18/h1-9,21H,10-13H2,(H,19,20). The van der Waals surface area contributed by atoms with Crippen molar-refractivity contribution in [2.24, 2.45) is 0 Å². The van der Waals surface area contributed by atoms with Gasteiger partial charge < -0.3 is 15.2 Å². The van der Waals surface area contributed by atoms with Crippen LogP contribution in [0.3, 0.4) is 0 Å². The van der Waals surface area contributed by atoms with Crippen LogP contribution in [0.2, 0.25) is 0 Å². The van der Waals surface area contributed by atoms with Gasteiger partial charge in [0.15, 0.2) is 0 Å². The van der Waals surface area contributed by atoms with Gasteiger partial charge in [-0.25, -0.2) is 4.79 Å². The first kappa shape index (κ1) is 14.6. The fraction of sp³-hybridized carbons (Fsp3) is 0.278. The lowest BCUT2D eigenvalue weighted by atomic mass is 10.0. The number of alkyl carbamates (subject to hydrolysis) is 1. The summed E-state index contributed by atoms with van der Waals surface area (Å²) in [6, 6.07) is 17.5.